The van der Waals surface area contributed by atoms with Crippen LogP contribution in [0.1, 0.15) is 57.3 Å². The molecule has 138 valence electrons. The third-order valence-electron chi connectivity index (χ3n) is 4.88. The molecule has 1 aromatic heterocycles. The second kappa shape index (κ2) is 6.48. The lowest BCUT2D eigenvalue weighted by Gasteiger charge is -2.37. The van der Waals surface area contributed by atoms with Gasteiger partial charge in [-0.2, -0.15) is 10.4 Å². The molecule has 0 fully saturated rings. The van der Waals surface area contributed by atoms with E-state index in [0.717, 1.165) is 6.42 Å². The van der Waals surface area contributed by atoms with Crippen LogP contribution in [0.2, 0.25) is 5.02 Å². The van der Waals surface area contributed by atoms with Crippen LogP contribution < -0.4 is 5.73 Å². The Morgan fingerprint density at radius 1 is 1.46 bits per heavy atom. The number of nitriles is 1. The number of nitrogens with two attached hydrogens (primary N) is 1. The van der Waals surface area contributed by atoms with Gasteiger partial charge in [-0.15, -0.1) is 0 Å². The fourth-order valence-electron chi connectivity index (χ4n) is 3.79. The minimum Gasteiger partial charge on any atom is -0.444 e. The molecule has 0 radical (unpaired) electrons. The maximum Gasteiger partial charge on any atom is 0.205 e. The van der Waals surface area contributed by atoms with Gasteiger partial charge in [0.2, 0.25) is 5.88 Å². The predicted molar refractivity (Wildman–Crippen MR) is 98.0 cm³/mol. The number of carbonyl (C=O) groups is 1. The van der Waals surface area contributed by atoms with Crippen LogP contribution in [0.5, 0.6) is 0 Å². The molecule has 1 atom stereocenters. The first-order valence-corrected chi connectivity index (χ1v) is 9.14. The standard InChI is InChI=1S/C19H23ClN4O2/c1-5-6-24-17(16(20)10(2)23-24)14-11(9-21)18(22)26-13-8-19(3,4)7-12(25)15(13)14/h14H,5-8,22H2,1-4H3. The average Bonchev–Trinajstić information content (AvgIpc) is 2.79. The van der Waals surface area contributed by atoms with Crippen LogP contribution in [0, 0.1) is 23.7 Å². The molecule has 0 bridgehead atoms. The molecule has 0 saturated carbocycles. The number of ether oxygens (including phenoxy) is 1. The summed E-state index contributed by atoms with van der Waals surface area (Å²) in [4.78, 5) is 13.0. The Bertz CT molecular complexity index is 886. The van der Waals surface area contributed by atoms with E-state index in [9.17, 15) is 10.1 Å². The maximum atomic E-state index is 13.0. The Labute approximate surface area is 158 Å². The van der Waals surface area contributed by atoms with Crippen molar-refractivity contribution in [2.45, 2.75) is 59.4 Å². The molecule has 0 saturated heterocycles. The van der Waals surface area contributed by atoms with Gasteiger partial charge >= 0.3 is 0 Å². The van der Waals surface area contributed by atoms with E-state index in [0.29, 0.717) is 47.1 Å². The molecule has 1 aliphatic heterocycles. The zero-order valence-corrected chi connectivity index (χ0v) is 16.3. The van der Waals surface area contributed by atoms with Crippen molar-refractivity contribution in [3.63, 3.8) is 0 Å². The van der Waals surface area contributed by atoms with Crippen molar-refractivity contribution < 1.29 is 9.53 Å². The first-order chi connectivity index (χ1) is 12.2. The van der Waals surface area contributed by atoms with E-state index in [1.165, 1.54) is 0 Å². The summed E-state index contributed by atoms with van der Waals surface area (Å²) in [5.74, 6) is -0.0718. The van der Waals surface area contributed by atoms with E-state index < -0.39 is 5.92 Å². The number of aromatic nitrogens is 2. The van der Waals surface area contributed by atoms with Gasteiger partial charge < -0.3 is 10.5 Å². The molecule has 7 heteroatoms. The topological polar surface area (TPSA) is 93.9 Å². The summed E-state index contributed by atoms with van der Waals surface area (Å²) in [6.45, 7) is 8.53. The van der Waals surface area contributed by atoms with Crippen molar-refractivity contribution in [3.05, 3.63) is 39.2 Å². The summed E-state index contributed by atoms with van der Waals surface area (Å²) >= 11 is 6.56. The highest BCUT2D eigenvalue weighted by Gasteiger charge is 2.45. The number of allylic oxidation sites excluding steroid dienone is 3. The van der Waals surface area contributed by atoms with E-state index in [4.69, 9.17) is 22.1 Å². The highest BCUT2D eigenvalue weighted by Crippen LogP contribution is 2.49. The minimum absolute atomic E-state index is 0.0283. The van der Waals surface area contributed by atoms with Gasteiger partial charge in [-0.05, 0) is 18.8 Å². The molecule has 2 aliphatic rings. The van der Waals surface area contributed by atoms with Gasteiger partial charge in [-0.3, -0.25) is 9.48 Å². The average molecular weight is 375 g/mol. The van der Waals surface area contributed by atoms with Crippen molar-refractivity contribution in [3.8, 4) is 6.07 Å². The molecule has 2 heterocycles. The number of halogens is 1. The fraction of sp³-hybridized carbons (Fsp3) is 0.526. The molecule has 1 unspecified atom stereocenters. The molecule has 6 nitrogen and oxygen atoms in total. The minimum atomic E-state index is -0.632. The summed E-state index contributed by atoms with van der Waals surface area (Å²) in [6.07, 6.45) is 1.83. The summed E-state index contributed by atoms with van der Waals surface area (Å²) < 4.78 is 7.51. The maximum absolute atomic E-state index is 13.0. The lowest BCUT2D eigenvalue weighted by Crippen LogP contribution is -2.34. The van der Waals surface area contributed by atoms with Gasteiger partial charge in [0.25, 0.3) is 0 Å². The van der Waals surface area contributed by atoms with E-state index in [1.54, 1.807) is 4.68 Å². The number of rotatable bonds is 3. The second-order valence-electron chi connectivity index (χ2n) is 7.71. The van der Waals surface area contributed by atoms with Gasteiger partial charge in [0.1, 0.15) is 17.4 Å². The highest BCUT2D eigenvalue weighted by molar-refractivity contribution is 6.32. The first-order valence-electron chi connectivity index (χ1n) is 8.76. The number of aryl methyl sites for hydroxylation is 2. The van der Waals surface area contributed by atoms with E-state index in [-0.39, 0.29) is 22.7 Å². The lowest BCUT2D eigenvalue weighted by atomic mass is 9.71. The Kier molecular flexibility index (Phi) is 4.61. The van der Waals surface area contributed by atoms with E-state index in [1.807, 2.05) is 27.7 Å². The highest BCUT2D eigenvalue weighted by atomic mass is 35.5. The van der Waals surface area contributed by atoms with Crippen molar-refractivity contribution >= 4 is 17.4 Å². The van der Waals surface area contributed by atoms with Crippen LogP contribution in [0.3, 0.4) is 0 Å². The van der Waals surface area contributed by atoms with Crippen LogP contribution >= 0.6 is 11.6 Å². The van der Waals surface area contributed by atoms with Gasteiger partial charge in [-0.25, -0.2) is 0 Å². The quantitative estimate of drug-likeness (QED) is 0.870. The van der Waals surface area contributed by atoms with Gasteiger partial charge in [0.05, 0.1) is 22.3 Å². The zero-order chi connectivity index (χ0) is 19.2. The normalized spacial score (nSPS) is 22.2. The largest absolute Gasteiger partial charge is 0.444 e. The SMILES string of the molecule is CCCn1nc(C)c(Cl)c1C1C(C#N)=C(N)OC2=C1C(=O)CC(C)(C)C2. The van der Waals surface area contributed by atoms with Crippen LogP contribution in [-0.4, -0.2) is 15.6 Å². The summed E-state index contributed by atoms with van der Waals surface area (Å²) in [7, 11) is 0. The molecule has 0 amide bonds. The van der Waals surface area contributed by atoms with Crippen LogP contribution in [0.15, 0.2) is 22.8 Å². The van der Waals surface area contributed by atoms with Crippen molar-refractivity contribution in [2.75, 3.05) is 0 Å². The van der Waals surface area contributed by atoms with E-state index >= 15 is 0 Å². The summed E-state index contributed by atoms with van der Waals surface area (Å²) in [6, 6.07) is 2.13. The molecule has 2 N–H and O–H groups in total. The zero-order valence-electron chi connectivity index (χ0n) is 15.5. The van der Waals surface area contributed by atoms with Crippen LogP contribution in [0.4, 0.5) is 0 Å². The van der Waals surface area contributed by atoms with Crippen LogP contribution in [-0.2, 0) is 16.1 Å². The first kappa shape index (κ1) is 18.5. The van der Waals surface area contributed by atoms with Gasteiger partial charge in [0.15, 0.2) is 5.78 Å². The Morgan fingerprint density at radius 3 is 2.77 bits per heavy atom. The number of nitrogens with zero attached hydrogens (tertiary/aromatic N) is 3. The lowest BCUT2D eigenvalue weighted by molar-refractivity contribution is -0.119. The Hall–Kier alpha value is -2.26. The number of carbonyl (C=O) groups excluding carboxylic acids is 1. The molecule has 1 aromatic rings. The van der Waals surface area contributed by atoms with Crippen molar-refractivity contribution in [2.24, 2.45) is 11.1 Å². The molecule has 0 spiro atoms. The molecular formula is C19H23ClN4O2. The second-order valence-corrected chi connectivity index (χ2v) is 8.09. The van der Waals surface area contributed by atoms with E-state index in [2.05, 4.69) is 11.2 Å². The Balaban J connectivity index is 2.26. The van der Waals surface area contributed by atoms with Crippen molar-refractivity contribution in [1.82, 2.24) is 9.78 Å². The van der Waals surface area contributed by atoms with Gasteiger partial charge in [-0.1, -0.05) is 32.4 Å². The predicted octanol–water partition coefficient (Wildman–Crippen LogP) is 3.71. The van der Waals surface area contributed by atoms with Crippen molar-refractivity contribution in [1.29, 1.82) is 5.26 Å². The molecule has 3 rings (SSSR count). The number of ketones is 1. The van der Waals surface area contributed by atoms with Gasteiger partial charge in [0, 0.05) is 25.0 Å². The number of hydrogen-bond donors (Lipinski definition) is 1. The molecule has 1 aliphatic carbocycles. The molecule has 26 heavy (non-hydrogen) atoms. The number of Topliss-reactive ketones (excluding diaryl/α,β-unsaturated/α-hetero) is 1. The third kappa shape index (κ3) is 2.90. The summed E-state index contributed by atoms with van der Waals surface area (Å²) in [5.41, 5.74) is 7.87. The molecule has 0 aromatic carbocycles. The summed E-state index contributed by atoms with van der Waals surface area (Å²) in [5, 5.41) is 14.7. The monoisotopic (exact) mass is 374 g/mol. The number of hydrogen-bond acceptors (Lipinski definition) is 5. The smallest absolute Gasteiger partial charge is 0.205 e. The fourth-order valence-corrected chi connectivity index (χ4v) is 4.04. The third-order valence-corrected chi connectivity index (χ3v) is 5.34. The Morgan fingerprint density at radius 2 is 2.15 bits per heavy atom. The van der Waals surface area contributed by atoms with Crippen LogP contribution in [0.25, 0.3) is 0 Å². The molecular weight excluding hydrogens is 352 g/mol.